The highest BCUT2D eigenvalue weighted by Crippen LogP contribution is 2.28. The second-order valence-corrected chi connectivity index (χ2v) is 6.29. The minimum Gasteiger partial charge on any atom is -0.497 e. The molecule has 0 fully saturated rings. The second kappa shape index (κ2) is 8.00. The van der Waals surface area contributed by atoms with E-state index in [1.54, 1.807) is 42.7 Å². The Morgan fingerprint density at radius 3 is 2.46 bits per heavy atom. The molecule has 6 heteroatoms. The molecule has 3 aromatic rings. The van der Waals surface area contributed by atoms with Crippen LogP contribution in [0, 0.1) is 5.82 Å². The molecule has 28 heavy (non-hydrogen) atoms. The summed E-state index contributed by atoms with van der Waals surface area (Å²) in [4.78, 5) is 8.59. The van der Waals surface area contributed by atoms with Gasteiger partial charge in [0.1, 0.15) is 17.3 Å². The molecule has 0 saturated heterocycles. The number of ether oxygens (including phenoxy) is 1. The number of allylic oxidation sites excluding steroid dienone is 1. The van der Waals surface area contributed by atoms with Gasteiger partial charge in [-0.25, -0.2) is 14.4 Å². The second-order valence-electron chi connectivity index (χ2n) is 6.29. The summed E-state index contributed by atoms with van der Waals surface area (Å²) in [6.07, 6.45) is 6.05. The molecule has 1 aromatic heterocycles. The molecule has 1 aliphatic rings. The summed E-state index contributed by atoms with van der Waals surface area (Å²) in [5.41, 5.74) is 3.20. The number of rotatable bonds is 5. The monoisotopic (exact) mass is 374 g/mol. The van der Waals surface area contributed by atoms with E-state index >= 15 is 0 Å². The molecule has 0 unspecified atom stereocenters. The van der Waals surface area contributed by atoms with E-state index in [9.17, 15) is 4.39 Å². The summed E-state index contributed by atoms with van der Waals surface area (Å²) in [6.45, 7) is 0.306. The third-order valence-corrected chi connectivity index (χ3v) is 4.50. The van der Waals surface area contributed by atoms with E-state index < -0.39 is 0 Å². The first-order valence-electron chi connectivity index (χ1n) is 8.95. The minimum atomic E-state index is -0.255. The SMILES string of the molecule is COc1ccc(C2=CCC(c3ncccn3)=NN2Cc2ccccc2F)cc1. The van der Waals surface area contributed by atoms with Gasteiger partial charge in [-0.1, -0.05) is 24.3 Å². The molecule has 1 aliphatic heterocycles. The van der Waals surface area contributed by atoms with Gasteiger partial charge in [-0.2, -0.15) is 5.10 Å². The Hall–Kier alpha value is -3.54. The fraction of sp³-hybridized carbons (Fsp3) is 0.136. The van der Waals surface area contributed by atoms with Crippen molar-refractivity contribution >= 4 is 11.4 Å². The van der Waals surface area contributed by atoms with Gasteiger partial charge >= 0.3 is 0 Å². The first-order chi connectivity index (χ1) is 13.7. The molecule has 2 heterocycles. The van der Waals surface area contributed by atoms with Crippen LogP contribution in [-0.2, 0) is 6.54 Å². The molecule has 4 rings (SSSR count). The quantitative estimate of drug-likeness (QED) is 0.669. The summed E-state index contributed by atoms with van der Waals surface area (Å²) in [5, 5.41) is 6.55. The van der Waals surface area contributed by atoms with Crippen molar-refractivity contribution in [3.63, 3.8) is 0 Å². The highest BCUT2D eigenvalue weighted by atomic mass is 19.1. The summed E-state index contributed by atoms with van der Waals surface area (Å²) < 4.78 is 19.5. The standard InChI is InChI=1S/C22H19FN4O/c1-28-18-9-7-16(8-10-18)21-12-11-20(22-24-13-4-14-25-22)26-27(21)15-17-5-2-3-6-19(17)23/h2-10,12-14H,11,15H2,1H3. The van der Waals surface area contributed by atoms with Crippen molar-refractivity contribution < 1.29 is 9.13 Å². The molecule has 0 spiro atoms. The van der Waals surface area contributed by atoms with Gasteiger partial charge in [0.25, 0.3) is 0 Å². The van der Waals surface area contributed by atoms with E-state index in [0.29, 0.717) is 24.4 Å². The van der Waals surface area contributed by atoms with Gasteiger partial charge in [0, 0.05) is 24.4 Å². The van der Waals surface area contributed by atoms with Gasteiger partial charge in [-0.05, 0) is 42.0 Å². The van der Waals surface area contributed by atoms with Crippen LogP contribution in [0.3, 0.4) is 0 Å². The van der Waals surface area contributed by atoms with Crippen LogP contribution in [0.5, 0.6) is 5.75 Å². The molecule has 0 amide bonds. The maximum absolute atomic E-state index is 14.3. The van der Waals surface area contributed by atoms with Crippen molar-refractivity contribution in [2.24, 2.45) is 5.10 Å². The van der Waals surface area contributed by atoms with Crippen molar-refractivity contribution in [2.75, 3.05) is 7.11 Å². The molecule has 0 saturated carbocycles. The Kier molecular flexibility index (Phi) is 5.10. The third-order valence-electron chi connectivity index (χ3n) is 4.50. The normalized spacial score (nSPS) is 13.7. The molecule has 0 aliphatic carbocycles. The zero-order valence-corrected chi connectivity index (χ0v) is 15.4. The third kappa shape index (κ3) is 3.76. The van der Waals surface area contributed by atoms with E-state index in [-0.39, 0.29) is 5.82 Å². The van der Waals surface area contributed by atoms with Crippen LogP contribution in [0.4, 0.5) is 4.39 Å². The van der Waals surface area contributed by atoms with Crippen molar-refractivity contribution in [3.05, 3.63) is 95.8 Å². The first kappa shape index (κ1) is 17.9. The summed E-state index contributed by atoms with van der Waals surface area (Å²) in [6, 6.07) is 16.2. The first-order valence-corrected chi connectivity index (χ1v) is 8.95. The number of hydrogen-bond acceptors (Lipinski definition) is 5. The Bertz CT molecular complexity index is 1020. The fourth-order valence-corrected chi connectivity index (χ4v) is 3.06. The number of methoxy groups -OCH3 is 1. The topological polar surface area (TPSA) is 50.6 Å². The van der Waals surface area contributed by atoms with Gasteiger partial charge in [-0.3, -0.25) is 5.01 Å². The van der Waals surface area contributed by atoms with Crippen molar-refractivity contribution in [3.8, 4) is 5.75 Å². The van der Waals surface area contributed by atoms with Gasteiger partial charge in [0.15, 0.2) is 5.82 Å². The maximum Gasteiger partial charge on any atom is 0.175 e. The maximum atomic E-state index is 14.3. The van der Waals surface area contributed by atoms with E-state index in [1.165, 1.54) is 6.07 Å². The lowest BCUT2D eigenvalue weighted by Crippen LogP contribution is -2.23. The van der Waals surface area contributed by atoms with Crippen LogP contribution in [0.1, 0.15) is 23.4 Å². The average Bonchev–Trinajstić information content (AvgIpc) is 2.76. The Morgan fingerprint density at radius 1 is 1.00 bits per heavy atom. The lowest BCUT2D eigenvalue weighted by Gasteiger charge is -2.27. The van der Waals surface area contributed by atoms with Crippen LogP contribution in [0.15, 0.2) is 78.2 Å². The predicted molar refractivity (Wildman–Crippen MR) is 106 cm³/mol. The zero-order chi connectivity index (χ0) is 19.3. The Morgan fingerprint density at radius 2 is 1.75 bits per heavy atom. The molecule has 0 N–H and O–H groups in total. The Labute approximate surface area is 162 Å². The van der Waals surface area contributed by atoms with Gasteiger partial charge in [0.05, 0.1) is 19.4 Å². The summed E-state index contributed by atoms with van der Waals surface area (Å²) in [7, 11) is 1.63. The highest BCUT2D eigenvalue weighted by Gasteiger charge is 2.20. The predicted octanol–water partition coefficient (Wildman–Crippen LogP) is 4.28. The number of benzene rings is 2. The largest absolute Gasteiger partial charge is 0.497 e. The number of nitrogens with zero attached hydrogens (tertiary/aromatic N) is 4. The molecule has 2 aromatic carbocycles. The number of aromatic nitrogens is 2. The van der Waals surface area contributed by atoms with Gasteiger partial charge in [-0.15, -0.1) is 0 Å². The van der Waals surface area contributed by atoms with Crippen LogP contribution >= 0.6 is 0 Å². The zero-order valence-electron chi connectivity index (χ0n) is 15.4. The summed E-state index contributed by atoms with van der Waals surface area (Å²) >= 11 is 0. The van der Waals surface area contributed by atoms with E-state index in [4.69, 9.17) is 9.84 Å². The van der Waals surface area contributed by atoms with E-state index in [2.05, 4.69) is 16.0 Å². The molecule has 5 nitrogen and oxygen atoms in total. The lowest BCUT2D eigenvalue weighted by atomic mass is 10.1. The van der Waals surface area contributed by atoms with Crippen molar-refractivity contribution in [2.45, 2.75) is 13.0 Å². The van der Waals surface area contributed by atoms with E-state index in [0.717, 1.165) is 22.7 Å². The summed E-state index contributed by atoms with van der Waals surface area (Å²) in [5.74, 6) is 1.10. The molecule has 0 atom stereocenters. The lowest BCUT2D eigenvalue weighted by molar-refractivity contribution is 0.398. The fourth-order valence-electron chi connectivity index (χ4n) is 3.06. The van der Waals surface area contributed by atoms with Gasteiger partial charge in [0.2, 0.25) is 0 Å². The average molecular weight is 374 g/mol. The minimum absolute atomic E-state index is 0.255. The highest BCUT2D eigenvalue weighted by molar-refractivity contribution is 6.00. The molecule has 140 valence electrons. The van der Waals surface area contributed by atoms with Crippen LogP contribution in [0.2, 0.25) is 0 Å². The number of halogens is 1. The van der Waals surface area contributed by atoms with Crippen LogP contribution in [0.25, 0.3) is 5.70 Å². The number of hydrazone groups is 1. The molecule has 0 radical (unpaired) electrons. The molecular formula is C22H19FN4O. The molecule has 0 bridgehead atoms. The van der Waals surface area contributed by atoms with E-state index in [1.807, 2.05) is 30.3 Å². The van der Waals surface area contributed by atoms with Crippen LogP contribution in [-0.4, -0.2) is 27.8 Å². The van der Waals surface area contributed by atoms with Crippen molar-refractivity contribution in [1.29, 1.82) is 0 Å². The van der Waals surface area contributed by atoms with Gasteiger partial charge < -0.3 is 4.74 Å². The molecular weight excluding hydrogens is 355 g/mol. The Balaban J connectivity index is 1.70. The van der Waals surface area contributed by atoms with Crippen LogP contribution < -0.4 is 4.74 Å². The number of hydrogen-bond donors (Lipinski definition) is 0. The van der Waals surface area contributed by atoms with Crippen molar-refractivity contribution in [1.82, 2.24) is 15.0 Å². The smallest absolute Gasteiger partial charge is 0.175 e.